The minimum atomic E-state index is -4.53. The molecular formula is C22H23F3N4O3. The summed E-state index contributed by atoms with van der Waals surface area (Å²) in [4.78, 5) is 21.4. The molecule has 0 radical (unpaired) electrons. The summed E-state index contributed by atoms with van der Waals surface area (Å²) < 4.78 is 46.9. The molecule has 1 aromatic carbocycles. The molecule has 3 heterocycles. The number of hydrogen-bond donors (Lipinski definition) is 2. The smallest absolute Gasteiger partial charge is 0.379 e. The molecule has 0 aliphatic carbocycles. The fraction of sp³-hybridized carbons (Fsp3) is 0.409. The SMILES string of the molecule is Cc1nc(N[C@H](O)c2cccc(C(F)(F)F)c2C)c2cn(C3(C)CCOC3)c(=O)cc2n1. The summed E-state index contributed by atoms with van der Waals surface area (Å²) in [5, 5.41) is 14.0. The summed E-state index contributed by atoms with van der Waals surface area (Å²) in [5.41, 5.74) is -1.23. The first kappa shape index (κ1) is 22.2. The Morgan fingerprint density at radius 2 is 2.03 bits per heavy atom. The molecule has 170 valence electrons. The fourth-order valence-corrected chi connectivity index (χ4v) is 4.06. The van der Waals surface area contributed by atoms with Crippen molar-refractivity contribution in [2.45, 2.75) is 45.1 Å². The number of pyridine rings is 1. The van der Waals surface area contributed by atoms with Crippen LogP contribution in [0.3, 0.4) is 0 Å². The second-order valence-corrected chi connectivity index (χ2v) is 8.26. The molecular weight excluding hydrogens is 425 g/mol. The van der Waals surface area contributed by atoms with Gasteiger partial charge in [0, 0.05) is 24.4 Å². The van der Waals surface area contributed by atoms with Gasteiger partial charge in [0.2, 0.25) is 0 Å². The molecule has 32 heavy (non-hydrogen) atoms. The van der Waals surface area contributed by atoms with Crippen molar-refractivity contribution in [2.75, 3.05) is 18.5 Å². The number of fused-ring (bicyclic) bond motifs is 1. The number of hydrogen-bond acceptors (Lipinski definition) is 6. The number of aromatic nitrogens is 3. The van der Waals surface area contributed by atoms with Gasteiger partial charge in [-0.05, 0) is 38.8 Å². The van der Waals surface area contributed by atoms with Crippen molar-refractivity contribution in [3.05, 3.63) is 63.3 Å². The molecule has 0 amide bonds. The highest BCUT2D eigenvalue weighted by Gasteiger charge is 2.34. The third kappa shape index (κ3) is 3.95. The Hall–Kier alpha value is -2.98. The number of rotatable bonds is 4. The number of halogens is 3. The molecule has 7 nitrogen and oxygen atoms in total. The Labute approximate surface area is 181 Å². The van der Waals surface area contributed by atoms with Gasteiger partial charge in [-0.15, -0.1) is 0 Å². The number of benzene rings is 1. The Morgan fingerprint density at radius 3 is 2.69 bits per heavy atom. The van der Waals surface area contributed by atoms with E-state index in [0.29, 0.717) is 36.4 Å². The van der Waals surface area contributed by atoms with Gasteiger partial charge in [0.05, 0.1) is 28.6 Å². The number of nitrogens with zero attached hydrogens (tertiary/aromatic N) is 3. The lowest BCUT2D eigenvalue weighted by Gasteiger charge is -2.26. The zero-order valence-corrected chi connectivity index (χ0v) is 17.8. The monoisotopic (exact) mass is 448 g/mol. The largest absolute Gasteiger partial charge is 0.416 e. The lowest BCUT2D eigenvalue weighted by molar-refractivity contribution is -0.138. The predicted molar refractivity (Wildman–Crippen MR) is 112 cm³/mol. The Morgan fingerprint density at radius 1 is 1.28 bits per heavy atom. The molecule has 1 aliphatic heterocycles. The first-order valence-electron chi connectivity index (χ1n) is 10.1. The number of ether oxygens (including phenoxy) is 1. The van der Waals surface area contributed by atoms with Crippen LogP contribution < -0.4 is 10.9 Å². The van der Waals surface area contributed by atoms with Crippen LogP contribution in [-0.4, -0.2) is 32.9 Å². The highest BCUT2D eigenvalue weighted by molar-refractivity contribution is 5.88. The van der Waals surface area contributed by atoms with E-state index in [2.05, 4.69) is 15.3 Å². The van der Waals surface area contributed by atoms with Crippen LogP contribution in [0.5, 0.6) is 0 Å². The average Bonchev–Trinajstić information content (AvgIpc) is 3.13. The molecule has 4 rings (SSSR count). The van der Waals surface area contributed by atoms with Crippen molar-refractivity contribution in [1.82, 2.24) is 14.5 Å². The van der Waals surface area contributed by atoms with Gasteiger partial charge in [0.1, 0.15) is 11.6 Å². The van der Waals surface area contributed by atoms with Gasteiger partial charge in [-0.2, -0.15) is 13.2 Å². The highest BCUT2D eigenvalue weighted by atomic mass is 19.4. The van der Waals surface area contributed by atoms with Crippen LogP contribution in [0, 0.1) is 13.8 Å². The van der Waals surface area contributed by atoms with Gasteiger partial charge >= 0.3 is 6.18 Å². The van der Waals surface area contributed by atoms with E-state index in [9.17, 15) is 23.1 Å². The number of aliphatic hydroxyl groups excluding tert-OH is 1. The van der Waals surface area contributed by atoms with Gasteiger partial charge in [-0.3, -0.25) is 4.79 Å². The van der Waals surface area contributed by atoms with Gasteiger partial charge < -0.3 is 19.7 Å². The summed E-state index contributed by atoms with van der Waals surface area (Å²) in [7, 11) is 0. The maximum Gasteiger partial charge on any atom is 0.416 e. The topological polar surface area (TPSA) is 89.3 Å². The van der Waals surface area contributed by atoms with Gasteiger partial charge in [0.25, 0.3) is 5.56 Å². The standard InChI is InChI=1S/C22H23F3N4O3/c1-12-14(5-4-6-16(12)22(23,24)25)20(31)28-19-15-10-29(21(3)7-8-32-11-21)18(30)9-17(15)26-13(2)27-19/h4-6,9-10,20,31H,7-8,11H2,1-3H3,(H,26,27,28)/t20-,21?/m1/s1. The summed E-state index contributed by atoms with van der Waals surface area (Å²) in [6.07, 6.45) is -3.73. The van der Waals surface area contributed by atoms with E-state index in [4.69, 9.17) is 4.74 Å². The molecule has 2 atom stereocenters. The molecule has 0 bridgehead atoms. The number of anilines is 1. The minimum absolute atomic E-state index is 0.0775. The van der Waals surface area contributed by atoms with Crippen LogP contribution in [0.4, 0.5) is 19.0 Å². The van der Waals surface area contributed by atoms with Crippen LogP contribution in [0.1, 0.15) is 42.1 Å². The summed E-state index contributed by atoms with van der Waals surface area (Å²) in [5.74, 6) is 0.564. The van der Waals surface area contributed by atoms with E-state index in [-0.39, 0.29) is 22.5 Å². The molecule has 1 saturated heterocycles. The van der Waals surface area contributed by atoms with Crippen molar-refractivity contribution < 1.29 is 23.0 Å². The number of nitrogens with one attached hydrogen (secondary N) is 1. The average molecular weight is 448 g/mol. The predicted octanol–water partition coefficient (Wildman–Crippen LogP) is 3.67. The Balaban J connectivity index is 1.79. The summed E-state index contributed by atoms with van der Waals surface area (Å²) in [6.45, 7) is 5.76. The second kappa shape index (κ2) is 7.86. The highest BCUT2D eigenvalue weighted by Crippen LogP contribution is 2.35. The molecule has 1 fully saturated rings. The van der Waals surface area contributed by atoms with Crippen LogP contribution in [0.2, 0.25) is 0 Å². The van der Waals surface area contributed by atoms with Crippen molar-refractivity contribution in [1.29, 1.82) is 0 Å². The molecule has 2 aromatic heterocycles. The first-order valence-corrected chi connectivity index (χ1v) is 10.1. The van der Waals surface area contributed by atoms with Crippen LogP contribution >= 0.6 is 0 Å². The van der Waals surface area contributed by atoms with Crippen LogP contribution in [0.15, 0.2) is 35.3 Å². The summed E-state index contributed by atoms with van der Waals surface area (Å²) in [6, 6.07) is 5.03. The first-order chi connectivity index (χ1) is 15.0. The third-order valence-corrected chi connectivity index (χ3v) is 5.87. The maximum atomic E-state index is 13.3. The van der Waals surface area contributed by atoms with Crippen molar-refractivity contribution >= 4 is 16.7 Å². The van der Waals surface area contributed by atoms with E-state index in [0.717, 1.165) is 6.07 Å². The van der Waals surface area contributed by atoms with Crippen LogP contribution in [0.25, 0.3) is 10.9 Å². The molecule has 3 aromatic rings. The summed E-state index contributed by atoms with van der Waals surface area (Å²) >= 11 is 0. The molecule has 1 unspecified atom stereocenters. The Bertz CT molecular complexity index is 1230. The van der Waals surface area contributed by atoms with Gasteiger partial charge in [-0.25, -0.2) is 9.97 Å². The van der Waals surface area contributed by atoms with E-state index >= 15 is 0 Å². The zero-order chi connectivity index (χ0) is 23.3. The maximum absolute atomic E-state index is 13.3. The van der Waals surface area contributed by atoms with Gasteiger partial charge in [-0.1, -0.05) is 12.1 Å². The van der Waals surface area contributed by atoms with Crippen molar-refractivity contribution in [3.63, 3.8) is 0 Å². The van der Waals surface area contributed by atoms with Crippen molar-refractivity contribution in [3.8, 4) is 0 Å². The third-order valence-electron chi connectivity index (χ3n) is 5.87. The fourth-order valence-electron chi connectivity index (χ4n) is 4.06. The van der Waals surface area contributed by atoms with E-state index in [1.807, 2.05) is 6.92 Å². The number of alkyl halides is 3. The molecule has 10 heteroatoms. The van der Waals surface area contributed by atoms with E-state index in [1.54, 1.807) is 17.7 Å². The normalized spacial score (nSPS) is 20.0. The molecule has 0 spiro atoms. The number of aliphatic hydroxyl groups is 1. The molecule has 0 saturated carbocycles. The van der Waals surface area contributed by atoms with Gasteiger partial charge in [0.15, 0.2) is 6.23 Å². The lowest BCUT2D eigenvalue weighted by Crippen LogP contribution is -2.38. The minimum Gasteiger partial charge on any atom is -0.379 e. The molecule has 1 aliphatic rings. The van der Waals surface area contributed by atoms with E-state index in [1.165, 1.54) is 25.1 Å². The van der Waals surface area contributed by atoms with Crippen LogP contribution in [-0.2, 0) is 16.5 Å². The quantitative estimate of drug-likeness (QED) is 0.592. The molecule has 2 N–H and O–H groups in total. The lowest BCUT2D eigenvalue weighted by atomic mass is 10.0. The Kier molecular flexibility index (Phi) is 5.46. The second-order valence-electron chi connectivity index (χ2n) is 8.26. The number of aryl methyl sites for hydroxylation is 1. The van der Waals surface area contributed by atoms with E-state index < -0.39 is 23.5 Å². The zero-order valence-electron chi connectivity index (χ0n) is 17.8. The van der Waals surface area contributed by atoms with Crippen molar-refractivity contribution in [2.24, 2.45) is 0 Å².